The zero-order valence-electron chi connectivity index (χ0n) is 32.1. The van der Waals surface area contributed by atoms with Gasteiger partial charge in [0.1, 0.15) is 0 Å². The molecule has 1 spiro atoms. The third-order valence-corrected chi connectivity index (χ3v) is 14.5. The first-order chi connectivity index (χ1) is 28.7. The first-order valence-corrected chi connectivity index (χ1v) is 21.1. The van der Waals surface area contributed by atoms with E-state index >= 15 is 0 Å². The van der Waals surface area contributed by atoms with E-state index in [1.54, 1.807) is 0 Å². The molecule has 6 aliphatic rings. The molecule has 0 atom stereocenters. The summed E-state index contributed by atoms with van der Waals surface area (Å²) in [6, 6.07) is 55.0. The molecule has 2 aromatic heterocycles. The summed E-state index contributed by atoms with van der Waals surface area (Å²) in [4.78, 5) is 21.0. The molecule has 2 heterocycles. The molecule has 4 fully saturated rings. The Balaban J connectivity index is 0.998. The molecule has 0 aliphatic heterocycles. The van der Waals surface area contributed by atoms with Gasteiger partial charge >= 0.3 is 0 Å². The minimum absolute atomic E-state index is 0.0213. The Hall–Kier alpha value is -6.52. The smallest absolute Gasteiger partial charge is 0.164 e. The number of fused-ring (bicyclic) bond motifs is 11. The number of hydrogen-bond donors (Lipinski definition) is 0. The average Bonchev–Trinajstić information content (AvgIpc) is 3.57. The summed E-state index contributed by atoms with van der Waals surface area (Å²) < 4.78 is 0. The van der Waals surface area contributed by atoms with E-state index in [-0.39, 0.29) is 5.41 Å². The number of nitrogens with zero attached hydrogens (tertiary/aromatic N) is 4. The maximum Gasteiger partial charge on any atom is 0.164 e. The van der Waals surface area contributed by atoms with E-state index in [0.29, 0.717) is 29.3 Å². The molecule has 0 saturated heterocycles. The number of aromatic nitrogens is 4. The van der Waals surface area contributed by atoms with Gasteiger partial charge in [-0.25, -0.2) is 15.0 Å². The van der Waals surface area contributed by atoms with Gasteiger partial charge in [0.05, 0.1) is 5.69 Å². The van der Waals surface area contributed by atoms with Crippen LogP contribution in [0.15, 0.2) is 158 Å². The predicted octanol–water partition coefficient (Wildman–Crippen LogP) is 13.0. The Morgan fingerprint density at radius 1 is 0.362 bits per heavy atom. The van der Waals surface area contributed by atoms with Crippen molar-refractivity contribution < 1.29 is 0 Å². The maximum absolute atomic E-state index is 5.35. The summed E-state index contributed by atoms with van der Waals surface area (Å²) in [5.74, 6) is 5.14. The van der Waals surface area contributed by atoms with Crippen molar-refractivity contribution in [1.82, 2.24) is 19.9 Å². The van der Waals surface area contributed by atoms with Gasteiger partial charge in [-0.15, -0.1) is 0 Å². The van der Waals surface area contributed by atoms with Crippen molar-refractivity contribution in [3.8, 4) is 89.8 Å². The van der Waals surface area contributed by atoms with Crippen LogP contribution >= 0.6 is 0 Å². The molecule has 8 aromatic rings. The van der Waals surface area contributed by atoms with Crippen LogP contribution in [-0.2, 0) is 5.41 Å². The Bertz CT molecular complexity index is 2950. The van der Waals surface area contributed by atoms with E-state index in [1.165, 1.54) is 99.0 Å². The molecule has 4 saturated carbocycles. The highest BCUT2D eigenvalue weighted by atomic mass is 15.0. The molecule has 4 nitrogen and oxygen atoms in total. The average molecular weight is 745 g/mol. The molecule has 58 heavy (non-hydrogen) atoms. The number of rotatable bonds is 3. The van der Waals surface area contributed by atoms with Crippen LogP contribution in [-0.4, -0.2) is 19.9 Å². The van der Waals surface area contributed by atoms with Crippen molar-refractivity contribution in [2.24, 2.45) is 23.7 Å². The predicted molar refractivity (Wildman–Crippen MR) is 232 cm³/mol. The summed E-state index contributed by atoms with van der Waals surface area (Å²) in [6.07, 6.45) is 8.82. The minimum atomic E-state index is 0.0213. The highest BCUT2D eigenvalue weighted by Crippen LogP contribution is 2.69. The van der Waals surface area contributed by atoms with Gasteiger partial charge < -0.3 is 0 Å². The summed E-state index contributed by atoms with van der Waals surface area (Å²) in [6.45, 7) is 0. The van der Waals surface area contributed by atoms with Gasteiger partial charge in [-0.3, -0.25) is 4.98 Å². The van der Waals surface area contributed by atoms with E-state index in [4.69, 9.17) is 19.9 Å². The summed E-state index contributed by atoms with van der Waals surface area (Å²) in [7, 11) is 0. The minimum Gasteiger partial charge on any atom is -0.260 e. The molecule has 4 bridgehead atoms. The Labute approximate surface area is 338 Å². The molecule has 14 rings (SSSR count). The number of hydrogen-bond acceptors (Lipinski definition) is 4. The van der Waals surface area contributed by atoms with Crippen molar-refractivity contribution in [2.75, 3.05) is 0 Å². The Morgan fingerprint density at radius 2 is 0.810 bits per heavy atom. The highest BCUT2D eigenvalue weighted by Gasteiger charge is 2.62. The van der Waals surface area contributed by atoms with Crippen LogP contribution in [0, 0.1) is 23.7 Å². The molecule has 276 valence electrons. The maximum atomic E-state index is 5.35. The highest BCUT2D eigenvalue weighted by molar-refractivity contribution is 6.03. The molecule has 4 heteroatoms. The summed E-state index contributed by atoms with van der Waals surface area (Å²) >= 11 is 0. The Morgan fingerprint density at radius 3 is 1.38 bits per heavy atom. The molecular formula is C54H40N4. The fraction of sp³-hybridized carbons (Fsp3) is 0.185. The van der Waals surface area contributed by atoms with E-state index in [9.17, 15) is 0 Å². The second-order valence-corrected chi connectivity index (χ2v) is 17.4. The van der Waals surface area contributed by atoms with E-state index in [0.717, 1.165) is 28.5 Å². The largest absolute Gasteiger partial charge is 0.260 e. The third kappa shape index (κ3) is 4.57. The SMILES string of the molecule is c1ccc(-c2nc(-c3ccc4c(c3)-c3ccccc3-c3ccccc3-c3ccccc3-4)nc(-c3ccc4c(c3)-c3cccnc3C43C4CC5CC(C4)CC3C5)n2)cc1. The number of pyridine rings is 1. The standard InChI is InChI=1S/C54H40N4/c1-2-11-34(12-3-1)51-56-52(35-20-22-45-43-17-7-6-15-41(43)39-13-4-5-14-40(39)42-16-8-9-18-44(42)47(45)30-35)58-53(57-51)36-21-23-49-48(31-36)46-19-10-24-55-50(46)54(49)37-26-32-25-33(28-37)29-38(54)27-32/h1-24,30-33,37-38H,25-29H2. The van der Waals surface area contributed by atoms with Crippen LogP contribution in [0.3, 0.4) is 0 Å². The van der Waals surface area contributed by atoms with Crippen molar-refractivity contribution in [2.45, 2.75) is 37.5 Å². The second-order valence-electron chi connectivity index (χ2n) is 17.4. The lowest BCUT2D eigenvalue weighted by Gasteiger charge is -2.60. The normalized spacial score (nSPS) is 22.6. The van der Waals surface area contributed by atoms with Crippen molar-refractivity contribution >= 4 is 0 Å². The third-order valence-electron chi connectivity index (χ3n) is 14.5. The molecular weight excluding hydrogens is 705 g/mol. The molecule has 0 N–H and O–H groups in total. The van der Waals surface area contributed by atoms with Crippen LogP contribution in [0.25, 0.3) is 89.8 Å². The van der Waals surface area contributed by atoms with Crippen molar-refractivity contribution in [3.63, 3.8) is 0 Å². The fourth-order valence-electron chi connectivity index (χ4n) is 12.5. The van der Waals surface area contributed by atoms with Crippen LogP contribution in [0.2, 0.25) is 0 Å². The zero-order valence-corrected chi connectivity index (χ0v) is 32.1. The number of benzene rings is 6. The van der Waals surface area contributed by atoms with Gasteiger partial charge in [-0.1, -0.05) is 133 Å². The van der Waals surface area contributed by atoms with Gasteiger partial charge in [0.15, 0.2) is 17.5 Å². The van der Waals surface area contributed by atoms with Gasteiger partial charge in [0.2, 0.25) is 0 Å². The molecule has 0 radical (unpaired) electrons. The van der Waals surface area contributed by atoms with Crippen LogP contribution in [0.4, 0.5) is 0 Å². The molecule has 0 unspecified atom stereocenters. The van der Waals surface area contributed by atoms with Gasteiger partial charge in [0, 0.05) is 33.9 Å². The quantitative estimate of drug-likeness (QED) is 0.181. The van der Waals surface area contributed by atoms with E-state index in [1.807, 2.05) is 12.3 Å². The van der Waals surface area contributed by atoms with Crippen molar-refractivity contribution in [1.29, 1.82) is 0 Å². The molecule has 0 amide bonds. The first-order valence-electron chi connectivity index (χ1n) is 21.1. The van der Waals surface area contributed by atoms with Gasteiger partial charge in [-0.05, 0) is 130 Å². The zero-order chi connectivity index (χ0) is 38.0. The van der Waals surface area contributed by atoms with Crippen LogP contribution in [0.5, 0.6) is 0 Å². The van der Waals surface area contributed by atoms with Gasteiger partial charge in [-0.2, -0.15) is 0 Å². The first kappa shape index (κ1) is 32.6. The van der Waals surface area contributed by atoms with E-state index < -0.39 is 0 Å². The fourth-order valence-corrected chi connectivity index (χ4v) is 12.5. The molecule has 6 aliphatic carbocycles. The second kappa shape index (κ2) is 12.2. The topological polar surface area (TPSA) is 51.6 Å². The lowest BCUT2D eigenvalue weighted by molar-refractivity contribution is -0.0415. The van der Waals surface area contributed by atoms with Crippen LogP contribution in [0.1, 0.15) is 43.4 Å². The monoisotopic (exact) mass is 744 g/mol. The lowest BCUT2D eigenvalue weighted by atomic mass is 9.43. The van der Waals surface area contributed by atoms with Crippen LogP contribution < -0.4 is 0 Å². The molecule has 6 aromatic carbocycles. The summed E-state index contributed by atoms with van der Waals surface area (Å²) in [5.41, 5.74) is 18.1. The van der Waals surface area contributed by atoms with Crippen molar-refractivity contribution in [3.05, 3.63) is 169 Å². The van der Waals surface area contributed by atoms with Gasteiger partial charge in [0.25, 0.3) is 0 Å². The summed E-state index contributed by atoms with van der Waals surface area (Å²) in [5, 5.41) is 0. The van der Waals surface area contributed by atoms with E-state index in [2.05, 4.69) is 146 Å². The lowest BCUT2D eigenvalue weighted by Crippen LogP contribution is -2.55. The Kier molecular flexibility index (Phi) is 6.87.